The number of ether oxygens (including phenoxy) is 2. The number of sulfonamides is 1. The molecule has 1 saturated heterocycles. The Morgan fingerprint density at radius 1 is 1.11 bits per heavy atom. The molecule has 0 saturated carbocycles. The summed E-state index contributed by atoms with van der Waals surface area (Å²) in [6.45, 7) is 0.971. The van der Waals surface area contributed by atoms with Crippen LogP contribution in [0.15, 0.2) is 47.4 Å². The Hall–Kier alpha value is -2.89. The molecule has 8 heteroatoms. The quantitative estimate of drug-likeness (QED) is 0.579. The van der Waals surface area contributed by atoms with E-state index in [-0.39, 0.29) is 22.0 Å². The van der Waals surface area contributed by atoms with Gasteiger partial charge in [-0.25, -0.2) is 13.2 Å². The third kappa shape index (κ3) is 3.94. The van der Waals surface area contributed by atoms with Crippen LogP contribution in [0.3, 0.4) is 0 Å². The molecule has 7 nitrogen and oxygen atoms in total. The second-order valence-electron chi connectivity index (χ2n) is 6.01. The zero-order chi connectivity index (χ0) is 19.4. The minimum atomic E-state index is -3.62. The van der Waals surface area contributed by atoms with E-state index in [9.17, 15) is 13.2 Å². The number of nitriles is 1. The number of carbonyl (C=O) groups excluding carboxylic acids is 1. The maximum atomic E-state index is 12.7. The highest BCUT2D eigenvalue weighted by Crippen LogP contribution is 2.29. The zero-order valence-corrected chi connectivity index (χ0v) is 15.5. The van der Waals surface area contributed by atoms with E-state index in [1.807, 2.05) is 6.07 Å². The molecule has 3 rings (SSSR count). The monoisotopic (exact) mass is 386 g/mol. The average molecular weight is 386 g/mol. The zero-order valence-electron chi connectivity index (χ0n) is 14.7. The summed E-state index contributed by atoms with van der Waals surface area (Å²) in [4.78, 5) is 12.5. The van der Waals surface area contributed by atoms with Gasteiger partial charge in [0, 0.05) is 19.2 Å². The van der Waals surface area contributed by atoms with E-state index >= 15 is 0 Å². The van der Waals surface area contributed by atoms with E-state index in [2.05, 4.69) is 0 Å². The maximum Gasteiger partial charge on any atom is 0.343 e. The fourth-order valence-electron chi connectivity index (χ4n) is 2.84. The Balaban J connectivity index is 1.85. The van der Waals surface area contributed by atoms with Crippen molar-refractivity contribution in [2.24, 2.45) is 0 Å². The van der Waals surface area contributed by atoms with E-state index in [4.69, 9.17) is 14.7 Å². The number of methoxy groups -OCH3 is 1. The van der Waals surface area contributed by atoms with Crippen LogP contribution in [-0.2, 0) is 10.0 Å². The predicted molar refractivity (Wildman–Crippen MR) is 97.1 cm³/mol. The molecule has 1 aliphatic rings. The van der Waals surface area contributed by atoms with Gasteiger partial charge in [-0.05, 0) is 43.2 Å². The molecular formula is C19H18N2O5S. The van der Waals surface area contributed by atoms with Crippen molar-refractivity contribution in [1.82, 2.24) is 4.31 Å². The molecule has 1 heterocycles. The molecule has 0 N–H and O–H groups in total. The Kier molecular flexibility index (Phi) is 5.44. The number of esters is 1. The lowest BCUT2D eigenvalue weighted by molar-refractivity contribution is 0.0729. The normalized spacial score (nSPS) is 14.5. The molecule has 0 spiro atoms. The summed E-state index contributed by atoms with van der Waals surface area (Å²) in [5, 5.41) is 8.93. The highest BCUT2D eigenvalue weighted by atomic mass is 32.2. The SMILES string of the molecule is COc1cc(C#N)ccc1OC(=O)c1cccc(S(=O)(=O)N2CCCC2)c1. The van der Waals surface area contributed by atoms with Crippen molar-refractivity contribution in [3.05, 3.63) is 53.6 Å². The molecule has 0 aliphatic carbocycles. The molecule has 2 aromatic carbocycles. The van der Waals surface area contributed by atoms with Gasteiger partial charge in [-0.3, -0.25) is 0 Å². The van der Waals surface area contributed by atoms with Crippen molar-refractivity contribution in [3.63, 3.8) is 0 Å². The first-order chi connectivity index (χ1) is 13.0. The molecule has 0 bridgehead atoms. The largest absolute Gasteiger partial charge is 0.493 e. The van der Waals surface area contributed by atoms with Crippen molar-refractivity contribution in [1.29, 1.82) is 5.26 Å². The number of carbonyl (C=O) groups is 1. The van der Waals surface area contributed by atoms with Gasteiger partial charge in [-0.2, -0.15) is 9.57 Å². The first-order valence-electron chi connectivity index (χ1n) is 8.36. The lowest BCUT2D eigenvalue weighted by Crippen LogP contribution is -2.28. The van der Waals surface area contributed by atoms with Crippen molar-refractivity contribution >= 4 is 16.0 Å². The minimum Gasteiger partial charge on any atom is -0.493 e. The van der Waals surface area contributed by atoms with Crippen LogP contribution in [0, 0.1) is 11.3 Å². The van der Waals surface area contributed by atoms with Crippen LogP contribution in [0.1, 0.15) is 28.8 Å². The number of benzene rings is 2. The summed E-state index contributed by atoms with van der Waals surface area (Å²) in [5.74, 6) is -0.325. The van der Waals surface area contributed by atoms with Crippen LogP contribution in [0.25, 0.3) is 0 Å². The maximum absolute atomic E-state index is 12.7. The van der Waals surface area contributed by atoms with Gasteiger partial charge in [0.2, 0.25) is 10.0 Å². The molecule has 1 aliphatic heterocycles. The summed E-state index contributed by atoms with van der Waals surface area (Å²) in [7, 11) is -2.22. The molecule has 27 heavy (non-hydrogen) atoms. The van der Waals surface area contributed by atoms with Gasteiger partial charge in [0.15, 0.2) is 11.5 Å². The first kappa shape index (κ1) is 18.9. The van der Waals surface area contributed by atoms with E-state index < -0.39 is 16.0 Å². The Morgan fingerprint density at radius 3 is 2.52 bits per heavy atom. The van der Waals surface area contributed by atoms with E-state index in [1.165, 1.54) is 53.9 Å². The minimum absolute atomic E-state index is 0.0608. The summed E-state index contributed by atoms with van der Waals surface area (Å²) in [6, 6.07) is 12.2. The summed E-state index contributed by atoms with van der Waals surface area (Å²) in [5.41, 5.74) is 0.479. The van der Waals surface area contributed by atoms with Crippen LogP contribution in [0.4, 0.5) is 0 Å². The Morgan fingerprint density at radius 2 is 1.85 bits per heavy atom. The molecule has 0 aromatic heterocycles. The number of rotatable bonds is 5. The number of hydrogen-bond donors (Lipinski definition) is 0. The Labute approximate surface area is 157 Å². The van der Waals surface area contributed by atoms with Gasteiger partial charge in [0.25, 0.3) is 0 Å². The smallest absolute Gasteiger partial charge is 0.343 e. The van der Waals surface area contributed by atoms with Crippen LogP contribution in [0.5, 0.6) is 11.5 Å². The fourth-order valence-corrected chi connectivity index (χ4v) is 4.40. The van der Waals surface area contributed by atoms with E-state index in [1.54, 1.807) is 0 Å². The van der Waals surface area contributed by atoms with Crippen LogP contribution < -0.4 is 9.47 Å². The summed E-state index contributed by atoms with van der Waals surface area (Å²) in [6.07, 6.45) is 1.67. The van der Waals surface area contributed by atoms with Crippen molar-refractivity contribution in [3.8, 4) is 17.6 Å². The van der Waals surface area contributed by atoms with Crippen molar-refractivity contribution in [2.75, 3.05) is 20.2 Å². The van der Waals surface area contributed by atoms with Gasteiger partial charge in [-0.1, -0.05) is 6.07 Å². The van der Waals surface area contributed by atoms with Gasteiger partial charge in [0.05, 0.1) is 29.2 Å². The number of nitrogens with zero attached hydrogens (tertiary/aromatic N) is 2. The predicted octanol–water partition coefficient (Wildman–Crippen LogP) is 2.57. The summed E-state index contributed by atoms with van der Waals surface area (Å²) < 4.78 is 37.2. The highest BCUT2D eigenvalue weighted by molar-refractivity contribution is 7.89. The molecule has 0 unspecified atom stereocenters. The molecule has 0 amide bonds. The Bertz CT molecular complexity index is 1010. The summed E-state index contributed by atoms with van der Waals surface area (Å²) >= 11 is 0. The van der Waals surface area contributed by atoms with Crippen LogP contribution >= 0.6 is 0 Å². The molecule has 1 fully saturated rings. The van der Waals surface area contributed by atoms with Crippen molar-refractivity contribution in [2.45, 2.75) is 17.7 Å². The molecule has 2 aromatic rings. The second-order valence-corrected chi connectivity index (χ2v) is 7.94. The van der Waals surface area contributed by atoms with Crippen molar-refractivity contribution < 1.29 is 22.7 Å². The highest BCUT2D eigenvalue weighted by Gasteiger charge is 2.28. The topological polar surface area (TPSA) is 96.7 Å². The van der Waals surface area contributed by atoms with Crippen LogP contribution in [0.2, 0.25) is 0 Å². The van der Waals surface area contributed by atoms with Gasteiger partial charge < -0.3 is 9.47 Å². The number of hydrogen-bond acceptors (Lipinski definition) is 6. The van der Waals surface area contributed by atoms with Gasteiger partial charge in [0.1, 0.15) is 0 Å². The fraction of sp³-hybridized carbons (Fsp3) is 0.263. The first-order valence-corrected chi connectivity index (χ1v) is 9.80. The molecule has 0 radical (unpaired) electrons. The average Bonchev–Trinajstić information content (AvgIpc) is 3.24. The standard InChI is InChI=1S/C19H18N2O5S/c1-25-18-11-14(13-20)7-8-17(18)26-19(22)15-5-4-6-16(12-15)27(23,24)21-9-2-3-10-21/h4-8,11-12H,2-3,9-10H2,1H3. The lowest BCUT2D eigenvalue weighted by Gasteiger charge is -2.16. The molecule has 140 valence electrons. The van der Waals surface area contributed by atoms with Crippen LogP contribution in [-0.4, -0.2) is 38.9 Å². The van der Waals surface area contributed by atoms with Gasteiger partial charge >= 0.3 is 5.97 Å². The molecule has 0 atom stereocenters. The molecular weight excluding hydrogens is 368 g/mol. The third-order valence-electron chi connectivity index (χ3n) is 4.27. The van der Waals surface area contributed by atoms with E-state index in [0.29, 0.717) is 18.7 Å². The third-order valence-corrected chi connectivity index (χ3v) is 6.16. The van der Waals surface area contributed by atoms with Gasteiger partial charge in [-0.15, -0.1) is 0 Å². The second kappa shape index (κ2) is 7.78. The lowest BCUT2D eigenvalue weighted by atomic mass is 10.2. The van der Waals surface area contributed by atoms with E-state index in [0.717, 1.165) is 12.8 Å².